The number of hydrazone groups is 1. The van der Waals surface area contributed by atoms with Crippen LogP contribution < -0.4 is 11.2 Å². The maximum absolute atomic E-state index is 8.72. The van der Waals surface area contributed by atoms with Crippen LogP contribution in [-0.2, 0) is 0 Å². The number of nitriles is 1. The Kier molecular flexibility index (Phi) is 3.06. The second kappa shape index (κ2) is 4.66. The molecule has 0 spiro atoms. The molecule has 5 nitrogen and oxygen atoms in total. The van der Waals surface area contributed by atoms with Gasteiger partial charge in [-0.2, -0.15) is 10.4 Å². The minimum atomic E-state index is -0.330. The van der Waals surface area contributed by atoms with Crippen LogP contribution in [0.3, 0.4) is 0 Å². The van der Waals surface area contributed by atoms with Crippen LogP contribution >= 0.6 is 0 Å². The molecule has 0 aliphatic heterocycles. The Hall–Kier alpha value is -2.35. The summed E-state index contributed by atoms with van der Waals surface area (Å²) < 4.78 is 0. The average molecular weight is 227 g/mol. The van der Waals surface area contributed by atoms with Crippen molar-refractivity contribution in [2.45, 2.75) is 18.8 Å². The number of rotatable bonds is 4. The van der Waals surface area contributed by atoms with Crippen molar-refractivity contribution in [3.8, 4) is 6.07 Å². The molecule has 1 aromatic rings. The summed E-state index contributed by atoms with van der Waals surface area (Å²) in [4.78, 5) is 0. The van der Waals surface area contributed by atoms with Gasteiger partial charge in [0, 0.05) is 0 Å². The number of para-hydroxylation sites is 1. The van der Waals surface area contributed by atoms with E-state index in [1.807, 2.05) is 18.2 Å². The summed E-state index contributed by atoms with van der Waals surface area (Å²) in [7, 11) is 0. The minimum absolute atomic E-state index is 0.101. The van der Waals surface area contributed by atoms with Crippen LogP contribution in [0.1, 0.15) is 24.3 Å². The van der Waals surface area contributed by atoms with Crippen molar-refractivity contribution in [2.75, 3.05) is 5.43 Å². The summed E-state index contributed by atoms with van der Waals surface area (Å²) in [6.45, 7) is 0. The van der Waals surface area contributed by atoms with Gasteiger partial charge in [0.1, 0.15) is 6.07 Å². The van der Waals surface area contributed by atoms with E-state index in [1.54, 1.807) is 6.07 Å². The van der Waals surface area contributed by atoms with Crippen molar-refractivity contribution < 1.29 is 0 Å². The molecule has 17 heavy (non-hydrogen) atoms. The lowest BCUT2D eigenvalue weighted by Gasteiger charge is -2.07. The van der Waals surface area contributed by atoms with E-state index in [-0.39, 0.29) is 11.5 Å². The predicted octanol–water partition coefficient (Wildman–Crippen LogP) is 1.79. The molecule has 1 fully saturated rings. The molecule has 0 radical (unpaired) electrons. The molecule has 86 valence electrons. The summed E-state index contributed by atoms with van der Waals surface area (Å²) >= 11 is 0. The summed E-state index contributed by atoms with van der Waals surface area (Å²) in [6.07, 6.45) is 2.39. The van der Waals surface area contributed by atoms with Crippen LogP contribution in [0.5, 0.6) is 0 Å². The highest BCUT2D eigenvalue weighted by atomic mass is 15.3. The van der Waals surface area contributed by atoms with Crippen LogP contribution in [0, 0.1) is 16.7 Å². The number of hydrogen-bond donors (Lipinski definition) is 3. The Morgan fingerprint density at radius 1 is 1.47 bits per heavy atom. The smallest absolute Gasteiger partial charge is 0.201 e. The molecule has 0 heterocycles. The molecule has 0 saturated heterocycles. The minimum Gasteiger partial charge on any atom is -0.382 e. The molecule has 1 aromatic carbocycles. The molecular formula is C12H13N5. The average Bonchev–Trinajstić information content (AvgIpc) is 3.14. The van der Waals surface area contributed by atoms with Crippen LogP contribution in [-0.4, -0.2) is 11.5 Å². The lowest BCUT2D eigenvalue weighted by atomic mass is 10.1. The van der Waals surface area contributed by atoms with E-state index in [0.29, 0.717) is 5.92 Å². The molecular weight excluding hydrogens is 214 g/mol. The fourth-order valence-electron chi connectivity index (χ4n) is 1.61. The Balaban J connectivity index is 2.19. The molecule has 1 aliphatic rings. The van der Waals surface area contributed by atoms with Crippen molar-refractivity contribution in [1.82, 2.24) is 0 Å². The van der Waals surface area contributed by atoms with E-state index in [2.05, 4.69) is 16.6 Å². The van der Waals surface area contributed by atoms with Gasteiger partial charge in [-0.25, -0.2) is 0 Å². The van der Waals surface area contributed by atoms with E-state index in [1.165, 1.54) is 18.4 Å². The molecule has 0 atom stereocenters. The largest absolute Gasteiger partial charge is 0.382 e. The molecule has 5 heteroatoms. The van der Waals surface area contributed by atoms with Crippen molar-refractivity contribution in [1.29, 1.82) is 10.7 Å². The van der Waals surface area contributed by atoms with Gasteiger partial charge in [-0.3, -0.25) is 10.8 Å². The maximum atomic E-state index is 8.72. The predicted molar refractivity (Wildman–Crippen MR) is 67.0 cm³/mol. The number of nitrogens with one attached hydrogen (secondary N) is 2. The first-order chi connectivity index (χ1) is 8.22. The van der Waals surface area contributed by atoms with Gasteiger partial charge in [0.25, 0.3) is 0 Å². The standard InChI is InChI=1S/C12H13N5/c13-7-11(12(14)15)17-16-10-4-2-1-3-9(10)8-5-6-8/h1-4,8,16H,5-6H2,(H3,14,15)/b17-11+. The summed E-state index contributed by atoms with van der Waals surface area (Å²) in [6, 6.07) is 9.63. The van der Waals surface area contributed by atoms with Crippen LogP contribution in [0.25, 0.3) is 0 Å². The molecule has 0 bridgehead atoms. The van der Waals surface area contributed by atoms with Crippen LogP contribution in [0.4, 0.5) is 5.69 Å². The number of nitrogens with two attached hydrogens (primary N) is 1. The second-order valence-electron chi connectivity index (χ2n) is 3.96. The third-order valence-electron chi connectivity index (χ3n) is 2.63. The zero-order chi connectivity index (χ0) is 12.3. The summed E-state index contributed by atoms with van der Waals surface area (Å²) in [5.41, 5.74) is 10.0. The quantitative estimate of drug-likeness (QED) is 0.415. The first-order valence-electron chi connectivity index (χ1n) is 5.39. The number of nitrogens with zero attached hydrogens (tertiary/aromatic N) is 2. The van der Waals surface area contributed by atoms with Crippen molar-refractivity contribution in [2.24, 2.45) is 10.8 Å². The lowest BCUT2D eigenvalue weighted by Crippen LogP contribution is -2.22. The normalized spacial score (nSPS) is 15.1. The number of hydrogen-bond acceptors (Lipinski definition) is 4. The highest BCUT2D eigenvalue weighted by Crippen LogP contribution is 2.43. The third kappa shape index (κ3) is 2.61. The number of benzene rings is 1. The molecule has 2 rings (SSSR count). The molecule has 0 amide bonds. The van der Waals surface area contributed by atoms with Gasteiger partial charge in [0.05, 0.1) is 5.69 Å². The molecule has 0 aromatic heterocycles. The SMILES string of the molecule is N#C/C(=N\Nc1ccccc1C1CC1)C(=N)N. The highest BCUT2D eigenvalue weighted by Gasteiger charge is 2.25. The van der Waals surface area contributed by atoms with Crippen molar-refractivity contribution >= 4 is 17.2 Å². The van der Waals surface area contributed by atoms with Gasteiger partial charge in [-0.15, -0.1) is 0 Å². The van der Waals surface area contributed by atoms with Gasteiger partial charge >= 0.3 is 0 Å². The fraction of sp³-hybridized carbons (Fsp3) is 0.250. The Morgan fingerprint density at radius 2 is 2.18 bits per heavy atom. The van der Waals surface area contributed by atoms with E-state index in [4.69, 9.17) is 16.4 Å². The molecule has 4 N–H and O–H groups in total. The summed E-state index contributed by atoms with van der Waals surface area (Å²) in [5, 5.41) is 19.7. The monoisotopic (exact) mass is 227 g/mol. The topological polar surface area (TPSA) is 98.0 Å². The number of amidine groups is 1. The van der Waals surface area contributed by atoms with Gasteiger partial charge < -0.3 is 5.73 Å². The molecule has 0 unspecified atom stereocenters. The third-order valence-corrected chi connectivity index (χ3v) is 2.63. The first kappa shape index (κ1) is 11.1. The second-order valence-corrected chi connectivity index (χ2v) is 3.96. The van der Waals surface area contributed by atoms with Crippen molar-refractivity contribution in [3.05, 3.63) is 29.8 Å². The zero-order valence-electron chi connectivity index (χ0n) is 9.27. The van der Waals surface area contributed by atoms with Crippen molar-refractivity contribution in [3.63, 3.8) is 0 Å². The fourth-order valence-corrected chi connectivity index (χ4v) is 1.61. The Labute approximate surface area is 99.4 Å². The maximum Gasteiger partial charge on any atom is 0.201 e. The zero-order valence-corrected chi connectivity index (χ0v) is 9.27. The lowest BCUT2D eigenvalue weighted by molar-refractivity contribution is 1.12. The van der Waals surface area contributed by atoms with E-state index in [0.717, 1.165) is 5.69 Å². The number of anilines is 1. The van der Waals surface area contributed by atoms with Gasteiger partial charge in [0.15, 0.2) is 5.84 Å². The Morgan fingerprint density at radius 3 is 2.76 bits per heavy atom. The summed E-state index contributed by atoms with van der Waals surface area (Å²) in [5.74, 6) is 0.265. The highest BCUT2D eigenvalue weighted by molar-refractivity contribution is 6.45. The van der Waals surface area contributed by atoms with Crippen LogP contribution in [0.15, 0.2) is 29.4 Å². The Bertz CT molecular complexity index is 508. The van der Waals surface area contributed by atoms with Crippen LogP contribution in [0.2, 0.25) is 0 Å². The van der Waals surface area contributed by atoms with Gasteiger partial charge in [0.2, 0.25) is 5.71 Å². The molecule has 1 aliphatic carbocycles. The molecule has 1 saturated carbocycles. The van der Waals surface area contributed by atoms with E-state index < -0.39 is 0 Å². The first-order valence-corrected chi connectivity index (χ1v) is 5.39. The van der Waals surface area contributed by atoms with Gasteiger partial charge in [-0.05, 0) is 30.4 Å². The van der Waals surface area contributed by atoms with E-state index in [9.17, 15) is 0 Å². The van der Waals surface area contributed by atoms with E-state index >= 15 is 0 Å². The van der Waals surface area contributed by atoms with Gasteiger partial charge in [-0.1, -0.05) is 18.2 Å².